The fourth-order valence-electron chi connectivity index (χ4n) is 1.96. The first-order valence-corrected chi connectivity index (χ1v) is 6.41. The minimum Gasteiger partial charge on any atom is -0.381 e. The lowest BCUT2D eigenvalue weighted by Gasteiger charge is -2.27. The summed E-state index contributed by atoms with van der Waals surface area (Å²) in [5.74, 6) is 0.100. The highest BCUT2D eigenvalue weighted by atomic mass is 16.5. The van der Waals surface area contributed by atoms with Crippen LogP contribution < -0.4 is 11.1 Å². The zero-order valence-electron chi connectivity index (χ0n) is 10.9. The van der Waals surface area contributed by atoms with E-state index in [0.717, 1.165) is 32.5 Å². The maximum atomic E-state index is 11.8. The van der Waals surface area contributed by atoms with Crippen molar-refractivity contribution in [2.45, 2.75) is 38.3 Å². The summed E-state index contributed by atoms with van der Waals surface area (Å²) in [5.41, 5.74) is 5.51. The molecule has 1 heterocycles. The normalized spacial score (nSPS) is 19.3. The molecule has 0 radical (unpaired) electrons. The molecule has 100 valence electrons. The topological polar surface area (TPSA) is 67.6 Å². The van der Waals surface area contributed by atoms with Gasteiger partial charge in [-0.05, 0) is 39.8 Å². The molecule has 1 amide bonds. The average molecular weight is 243 g/mol. The van der Waals surface area contributed by atoms with Crippen molar-refractivity contribution in [3.05, 3.63) is 0 Å². The van der Waals surface area contributed by atoms with Crippen LogP contribution in [0.1, 0.15) is 26.2 Å². The third-order valence-electron chi connectivity index (χ3n) is 3.32. The van der Waals surface area contributed by atoms with Crippen LogP contribution in [0.5, 0.6) is 0 Å². The van der Waals surface area contributed by atoms with Gasteiger partial charge in [0.15, 0.2) is 0 Å². The van der Waals surface area contributed by atoms with Crippen LogP contribution in [0.15, 0.2) is 0 Å². The number of amides is 1. The van der Waals surface area contributed by atoms with Crippen molar-refractivity contribution >= 4 is 5.91 Å². The Morgan fingerprint density at radius 2 is 2.18 bits per heavy atom. The maximum Gasteiger partial charge on any atom is 0.234 e. The van der Waals surface area contributed by atoms with Crippen LogP contribution in [0.4, 0.5) is 0 Å². The van der Waals surface area contributed by atoms with E-state index < -0.39 is 0 Å². The predicted molar refractivity (Wildman–Crippen MR) is 67.7 cm³/mol. The van der Waals surface area contributed by atoms with Crippen molar-refractivity contribution in [3.8, 4) is 0 Å². The van der Waals surface area contributed by atoms with Crippen LogP contribution in [-0.2, 0) is 9.53 Å². The van der Waals surface area contributed by atoms with Gasteiger partial charge < -0.3 is 15.8 Å². The number of hydrogen-bond acceptors (Lipinski definition) is 4. The van der Waals surface area contributed by atoms with E-state index in [4.69, 9.17) is 10.5 Å². The number of carbonyl (C=O) groups is 1. The Kier molecular flexibility index (Phi) is 6.47. The minimum atomic E-state index is 0.100. The second-order valence-corrected chi connectivity index (χ2v) is 4.80. The summed E-state index contributed by atoms with van der Waals surface area (Å²) >= 11 is 0. The molecule has 0 aromatic rings. The molecule has 0 saturated carbocycles. The summed E-state index contributed by atoms with van der Waals surface area (Å²) in [6.45, 7) is 4.70. The van der Waals surface area contributed by atoms with E-state index in [1.165, 1.54) is 0 Å². The quantitative estimate of drug-likeness (QED) is 0.686. The van der Waals surface area contributed by atoms with E-state index in [9.17, 15) is 4.79 Å². The predicted octanol–water partition coefficient (Wildman–Crippen LogP) is -0.0493. The largest absolute Gasteiger partial charge is 0.381 e. The SMILES string of the molecule is CC(CCN)N(C)CC(=O)NC1CCOCC1. The summed E-state index contributed by atoms with van der Waals surface area (Å²) < 4.78 is 5.26. The van der Waals surface area contributed by atoms with Crippen LogP contribution in [0, 0.1) is 0 Å². The Labute approximate surface area is 104 Å². The van der Waals surface area contributed by atoms with Crippen molar-refractivity contribution in [1.82, 2.24) is 10.2 Å². The van der Waals surface area contributed by atoms with Crippen LogP contribution in [0.2, 0.25) is 0 Å². The molecule has 1 saturated heterocycles. The number of ether oxygens (including phenoxy) is 1. The molecule has 5 nitrogen and oxygen atoms in total. The van der Waals surface area contributed by atoms with Crippen molar-refractivity contribution in [2.75, 3.05) is 33.4 Å². The molecular formula is C12H25N3O2. The molecule has 0 bridgehead atoms. The van der Waals surface area contributed by atoms with E-state index in [1.54, 1.807) is 0 Å². The van der Waals surface area contributed by atoms with Crippen molar-refractivity contribution in [2.24, 2.45) is 5.73 Å². The first-order chi connectivity index (χ1) is 8.13. The zero-order chi connectivity index (χ0) is 12.7. The van der Waals surface area contributed by atoms with Gasteiger partial charge in [-0.25, -0.2) is 0 Å². The Hall–Kier alpha value is -0.650. The molecule has 1 rings (SSSR count). The number of hydrogen-bond donors (Lipinski definition) is 2. The summed E-state index contributed by atoms with van der Waals surface area (Å²) in [6.07, 6.45) is 2.77. The van der Waals surface area contributed by atoms with Crippen molar-refractivity contribution < 1.29 is 9.53 Å². The lowest BCUT2D eigenvalue weighted by Crippen LogP contribution is -2.45. The Balaban J connectivity index is 2.23. The highest BCUT2D eigenvalue weighted by molar-refractivity contribution is 5.78. The number of nitrogens with one attached hydrogen (secondary N) is 1. The summed E-state index contributed by atoms with van der Waals surface area (Å²) in [6, 6.07) is 0.634. The number of nitrogens with two attached hydrogens (primary N) is 1. The van der Waals surface area contributed by atoms with Gasteiger partial charge in [0, 0.05) is 25.3 Å². The Morgan fingerprint density at radius 1 is 1.53 bits per heavy atom. The van der Waals surface area contributed by atoms with E-state index in [-0.39, 0.29) is 11.9 Å². The second kappa shape index (κ2) is 7.63. The lowest BCUT2D eigenvalue weighted by molar-refractivity contribution is -0.123. The van der Waals surface area contributed by atoms with Gasteiger partial charge >= 0.3 is 0 Å². The van der Waals surface area contributed by atoms with Gasteiger partial charge in [-0.2, -0.15) is 0 Å². The molecule has 0 aliphatic carbocycles. The van der Waals surface area contributed by atoms with Gasteiger partial charge in [0.25, 0.3) is 0 Å². The fourth-order valence-corrected chi connectivity index (χ4v) is 1.96. The first-order valence-electron chi connectivity index (χ1n) is 6.41. The third kappa shape index (κ3) is 5.48. The zero-order valence-corrected chi connectivity index (χ0v) is 10.9. The minimum absolute atomic E-state index is 0.100. The fraction of sp³-hybridized carbons (Fsp3) is 0.917. The van der Waals surface area contributed by atoms with Gasteiger partial charge in [-0.15, -0.1) is 0 Å². The van der Waals surface area contributed by atoms with Crippen LogP contribution in [-0.4, -0.2) is 56.2 Å². The molecule has 1 aliphatic heterocycles. The molecule has 17 heavy (non-hydrogen) atoms. The number of likely N-dealkylation sites (N-methyl/N-ethyl adjacent to an activating group) is 1. The van der Waals surface area contributed by atoms with E-state index in [1.807, 2.05) is 11.9 Å². The Bertz CT molecular complexity index is 230. The molecule has 1 fully saturated rings. The molecule has 1 aliphatic rings. The monoisotopic (exact) mass is 243 g/mol. The summed E-state index contributed by atoms with van der Waals surface area (Å²) in [5, 5.41) is 3.05. The number of carbonyl (C=O) groups excluding carboxylic acids is 1. The highest BCUT2D eigenvalue weighted by Gasteiger charge is 2.18. The van der Waals surface area contributed by atoms with Crippen LogP contribution in [0.25, 0.3) is 0 Å². The third-order valence-corrected chi connectivity index (χ3v) is 3.32. The summed E-state index contributed by atoms with van der Waals surface area (Å²) in [7, 11) is 1.96. The molecule has 1 atom stereocenters. The number of rotatable bonds is 6. The average Bonchev–Trinajstić information content (AvgIpc) is 2.30. The van der Waals surface area contributed by atoms with Gasteiger partial charge in [-0.3, -0.25) is 9.69 Å². The van der Waals surface area contributed by atoms with Crippen molar-refractivity contribution in [1.29, 1.82) is 0 Å². The number of nitrogens with zero attached hydrogens (tertiary/aromatic N) is 1. The van der Waals surface area contributed by atoms with Gasteiger partial charge in [0.1, 0.15) is 0 Å². The van der Waals surface area contributed by atoms with Crippen LogP contribution >= 0.6 is 0 Å². The van der Waals surface area contributed by atoms with Gasteiger partial charge in [-0.1, -0.05) is 0 Å². The molecule has 0 aromatic heterocycles. The molecule has 0 spiro atoms. The standard InChI is InChI=1S/C12H25N3O2/c1-10(3-6-13)15(2)9-12(16)14-11-4-7-17-8-5-11/h10-11H,3-9,13H2,1-2H3,(H,14,16). The summed E-state index contributed by atoms with van der Waals surface area (Å²) in [4.78, 5) is 13.8. The lowest BCUT2D eigenvalue weighted by atomic mass is 10.1. The molecule has 5 heteroatoms. The smallest absolute Gasteiger partial charge is 0.234 e. The van der Waals surface area contributed by atoms with Crippen LogP contribution in [0.3, 0.4) is 0 Å². The molecule has 1 unspecified atom stereocenters. The van der Waals surface area contributed by atoms with Crippen molar-refractivity contribution in [3.63, 3.8) is 0 Å². The molecular weight excluding hydrogens is 218 g/mol. The van der Waals surface area contributed by atoms with E-state index >= 15 is 0 Å². The maximum absolute atomic E-state index is 11.8. The van der Waals surface area contributed by atoms with Gasteiger partial charge in [0.2, 0.25) is 5.91 Å². The van der Waals surface area contributed by atoms with Gasteiger partial charge in [0.05, 0.1) is 6.54 Å². The molecule has 3 N–H and O–H groups in total. The Morgan fingerprint density at radius 3 is 2.76 bits per heavy atom. The molecule has 0 aromatic carbocycles. The van der Waals surface area contributed by atoms with E-state index in [0.29, 0.717) is 19.1 Å². The first kappa shape index (κ1) is 14.4. The highest BCUT2D eigenvalue weighted by Crippen LogP contribution is 2.06. The second-order valence-electron chi connectivity index (χ2n) is 4.80. The van der Waals surface area contributed by atoms with E-state index in [2.05, 4.69) is 12.2 Å².